The van der Waals surface area contributed by atoms with E-state index in [0.717, 1.165) is 52.7 Å². The van der Waals surface area contributed by atoms with Crippen LogP contribution < -0.4 is 10.2 Å². The normalized spacial score (nSPS) is 14.5. The summed E-state index contributed by atoms with van der Waals surface area (Å²) in [5.41, 5.74) is 2.71. The fraction of sp³-hybridized carbons (Fsp3) is 0.304. The number of benzene rings is 5. The second-order valence-electron chi connectivity index (χ2n) is 14.2. The summed E-state index contributed by atoms with van der Waals surface area (Å²) in [6, 6.07) is 30.8. The average molecular weight is 816 g/mol. The number of nitrogens with zero attached hydrogens (tertiary/aromatic N) is 1. The molecule has 0 atom stereocenters. The Labute approximate surface area is 333 Å². The topological polar surface area (TPSA) is 29.1 Å². The van der Waals surface area contributed by atoms with Crippen molar-refractivity contribution in [2.75, 3.05) is 11.4 Å². The Bertz CT molecular complexity index is 2140. The molecule has 1 aliphatic rings. The Kier molecular flexibility index (Phi) is 14.9. The van der Waals surface area contributed by atoms with Crippen molar-refractivity contribution in [1.82, 2.24) is 0 Å². The first-order valence-corrected chi connectivity index (χ1v) is 19.0. The number of hydrogen-bond donors (Lipinski definition) is 1. The van der Waals surface area contributed by atoms with E-state index >= 15 is 0 Å². The van der Waals surface area contributed by atoms with Crippen LogP contribution in [-0.2, 0) is 35.3 Å². The minimum absolute atomic E-state index is 0.129. The smallest absolute Gasteiger partial charge is 0.406 e. The summed E-state index contributed by atoms with van der Waals surface area (Å²) in [5, 5.41) is 3.08. The van der Waals surface area contributed by atoms with Crippen LogP contribution in [0.5, 0.6) is 0 Å². The highest BCUT2D eigenvalue weighted by molar-refractivity contribution is 5.92. The number of anilines is 1. The standard InChI is InChI=1S/C23H24F3NO.C21H17F6N.C2H6/c1-17(28-23(24,25)26)15-19-16-22(2,3)20-11-7-8-12-21(20)27(19)14-13-18-9-5-4-6-10-18;1-2-5-14-9-8-13-6-3-4-7-18(13)19(14)28-17-11-15(20(22,23)24)10-16(12-17)21(25,26)27;1-2/h4-12,15H,1,13-14,16H2,2-3H3;3-4,6-12,28H,2,5H2,1H3;1-2H3/p+1/b19-15+;;. The number of para-hydroxylation sites is 1. The molecule has 5 aromatic rings. The number of alkyl halides is 9. The largest absolute Gasteiger partial charge is 0.573 e. The number of hydrogen-bond acceptors (Lipinski definition) is 2. The zero-order valence-electron chi connectivity index (χ0n) is 33.0. The van der Waals surface area contributed by atoms with Crippen molar-refractivity contribution in [1.29, 1.82) is 0 Å². The average Bonchev–Trinajstić information content (AvgIpc) is 3.15. The monoisotopic (exact) mass is 815 g/mol. The van der Waals surface area contributed by atoms with Gasteiger partial charge in [0.15, 0.2) is 0 Å². The second-order valence-corrected chi connectivity index (χ2v) is 14.2. The molecule has 58 heavy (non-hydrogen) atoms. The van der Waals surface area contributed by atoms with Crippen LogP contribution in [0.25, 0.3) is 10.8 Å². The molecule has 310 valence electrons. The summed E-state index contributed by atoms with van der Waals surface area (Å²) >= 11 is 0. The molecule has 0 bridgehead atoms. The van der Waals surface area contributed by atoms with Crippen molar-refractivity contribution in [2.45, 2.75) is 84.4 Å². The van der Waals surface area contributed by atoms with Crippen LogP contribution in [0, 0.1) is 0 Å². The summed E-state index contributed by atoms with van der Waals surface area (Å²) in [6.45, 7) is 14.3. The molecule has 0 fully saturated rings. The lowest BCUT2D eigenvalue weighted by Gasteiger charge is -2.42. The maximum Gasteiger partial charge on any atom is 0.573 e. The first-order chi connectivity index (χ1) is 27.2. The van der Waals surface area contributed by atoms with E-state index in [-0.39, 0.29) is 17.2 Å². The number of ether oxygens (including phenoxy) is 1. The van der Waals surface area contributed by atoms with Gasteiger partial charge in [-0.1, -0.05) is 126 Å². The number of rotatable bonds is 9. The van der Waals surface area contributed by atoms with Crippen LogP contribution in [0.1, 0.15) is 75.3 Å². The fourth-order valence-corrected chi connectivity index (χ4v) is 6.95. The number of nitrogens with two attached hydrogens (primary N) is 1. The maximum absolute atomic E-state index is 13.1. The van der Waals surface area contributed by atoms with Gasteiger partial charge in [0.2, 0.25) is 0 Å². The number of aryl methyl sites for hydroxylation is 1. The SMILES string of the molecule is C=C(/C=C1\CC(C)(C)c2ccccc2N1CCc1ccccc1)OC(F)(F)F.CC.CCCc1ccc2ccccc2c1[NH2+]c1cc(C(F)(F)F)cc(C(F)(F)F)c1. The van der Waals surface area contributed by atoms with Crippen molar-refractivity contribution in [3.05, 3.63) is 161 Å². The van der Waals surface area contributed by atoms with Crippen molar-refractivity contribution in [3.63, 3.8) is 0 Å². The van der Waals surface area contributed by atoms with Crippen molar-refractivity contribution in [2.24, 2.45) is 0 Å². The summed E-state index contributed by atoms with van der Waals surface area (Å²) in [5.74, 6) is -0.401. The van der Waals surface area contributed by atoms with E-state index in [1.54, 1.807) is 6.07 Å². The van der Waals surface area contributed by atoms with Gasteiger partial charge in [0.05, 0.1) is 11.1 Å². The van der Waals surface area contributed by atoms with Gasteiger partial charge < -0.3 is 9.64 Å². The van der Waals surface area contributed by atoms with Crippen LogP contribution >= 0.6 is 0 Å². The van der Waals surface area contributed by atoms with Gasteiger partial charge in [-0.05, 0) is 65.5 Å². The molecule has 0 saturated heterocycles. The number of fused-ring (bicyclic) bond motifs is 2. The highest BCUT2D eigenvalue weighted by Gasteiger charge is 2.38. The van der Waals surface area contributed by atoms with Gasteiger partial charge in [-0.2, -0.15) is 26.3 Å². The Balaban J connectivity index is 0.000000246. The third-order valence-electron chi connectivity index (χ3n) is 9.44. The van der Waals surface area contributed by atoms with E-state index in [4.69, 9.17) is 0 Å². The molecular formula is C46H48F9N2O+. The van der Waals surface area contributed by atoms with E-state index in [0.29, 0.717) is 25.1 Å². The van der Waals surface area contributed by atoms with Crippen molar-refractivity contribution in [3.8, 4) is 0 Å². The lowest BCUT2D eigenvalue weighted by molar-refractivity contribution is -0.477. The van der Waals surface area contributed by atoms with Gasteiger partial charge in [0, 0.05) is 41.0 Å². The predicted molar refractivity (Wildman–Crippen MR) is 213 cm³/mol. The van der Waals surface area contributed by atoms with Crippen LogP contribution in [0.3, 0.4) is 0 Å². The van der Waals surface area contributed by atoms with Gasteiger partial charge >= 0.3 is 18.7 Å². The predicted octanol–water partition coefficient (Wildman–Crippen LogP) is 13.7. The van der Waals surface area contributed by atoms with E-state index in [1.165, 1.54) is 22.5 Å². The quantitative estimate of drug-likeness (QED) is 0.0912. The zero-order chi connectivity index (χ0) is 42.9. The first-order valence-electron chi connectivity index (χ1n) is 19.0. The third kappa shape index (κ3) is 12.1. The maximum atomic E-state index is 13.1. The van der Waals surface area contributed by atoms with Gasteiger partial charge in [-0.3, -0.25) is 5.32 Å². The molecule has 1 heterocycles. The molecule has 1 aliphatic heterocycles. The minimum Gasteiger partial charge on any atom is -0.406 e. The highest BCUT2D eigenvalue weighted by atomic mass is 19.4. The van der Waals surface area contributed by atoms with Crippen LogP contribution in [0.15, 0.2) is 133 Å². The first kappa shape index (κ1) is 45.5. The molecular weight excluding hydrogens is 768 g/mol. The number of allylic oxidation sites excluding steroid dienone is 2. The molecule has 0 aromatic heterocycles. The van der Waals surface area contributed by atoms with E-state index in [2.05, 4.69) is 48.3 Å². The molecule has 0 saturated carbocycles. The molecule has 2 N–H and O–H groups in total. The molecule has 5 aromatic carbocycles. The van der Waals surface area contributed by atoms with Gasteiger partial charge in [-0.15, -0.1) is 13.2 Å². The lowest BCUT2D eigenvalue weighted by atomic mass is 9.76. The highest BCUT2D eigenvalue weighted by Crippen LogP contribution is 2.44. The number of quaternary nitrogens is 1. The molecule has 0 unspecified atom stereocenters. The van der Waals surface area contributed by atoms with Gasteiger partial charge in [-0.25, -0.2) is 0 Å². The number of halogens is 9. The Morgan fingerprint density at radius 1 is 0.759 bits per heavy atom. The van der Waals surface area contributed by atoms with E-state index < -0.39 is 35.6 Å². The van der Waals surface area contributed by atoms with Crippen molar-refractivity contribution >= 4 is 27.8 Å². The Morgan fingerprint density at radius 3 is 1.95 bits per heavy atom. The third-order valence-corrected chi connectivity index (χ3v) is 9.44. The second kappa shape index (κ2) is 19.0. The molecule has 0 radical (unpaired) electrons. The minimum atomic E-state index is -4.87. The van der Waals surface area contributed by atoms with Crippen LogP contribution in [0.4, 0.5) is 56.6 Å². The van der Waals surface area contributed by atoms with Gasteiger partial charge in [0.1, 0.15) is 17.1 Å². The fourth-order valence-electron chi connectivity index (χ4n) is 6.95. The van der Waals surface area contributed by atoms with Gasteiger partial charge in [0.25, 0.3) is 0 Å². The summed E-state index contributed by atoms with van der Waals surface area (Å²) in [4.78, 5) is 2.08. The van der Waals surface area contributed by atoms with Crippen LogP contribution in [-0.4, -0.2) is 12.9 Å². The summed E-state index contributed by atoms with van der Waals surface area (Å²) < 4.78 is 121. The van der Waals surface area contributed by atoms with Crippen molar-refractivity contribution < 1.29 is 49.6 Å². The molecule has 0 amide bonds. The Morgan fingerprint density at radius 2 is 1.34 bits per heavy atom. The zero-order valence-corrected chi connectivity index (χ0v) is 33.0. The summed E-state index contributed by atoms with van der Waals surface area (Å²) in [6.07, 6.45) is -10.2. The molecule has 0 aliphatic carbocycles. The van der Waals surface area contributed by atoms with Crippen LogP contribution in [0.2, 0.25) is 0 Å². The molecule has 3 nitrogen and oxygen atoms in total. The van der Waals surface area contributed by atoms with E-state index in [9.17, 15) is 39.5 Å². The molecule has 12 heteroatoms. The Hall–Kier alpha value is -5.23. The summed E-state index contributed by atoms with van der Waals surface area (Å²) in [7, 11) is 0. The molecule has 0 spiro atoms. The molecule has 6 rings (SSSR count). The lowest BCUT2D eigenvalue weighted by Crippen LogP contribution is -2.71. The van der Waals surface area contributed by atoms with E-state index in [1.807, 2.05) is 87.5 Å².